The Hall–Kier alpha value is -2.92. The summed E-state index contributed by atoms with van der Waals surface area (Å²) in [6.45, 7) is 2.04. The molecule has 2 aromatic heterocycles. The predicted molar refractivity (Wildman–Crippen MR) is 96.8 cm³/mol. The zero-order valence-electron chi connectivity index (χ0n) is 13.7. The molecule has 0 aliphatic rings. The van der Waals surface area contributed by atoms with Crippen molar-refractivity contribution in [1.29, 1.82) is 0 Å². The molecule has 0 fully saturated rings. The van der Waals surface area contributed by atoms with Crippen molar-refractivity contribution in [2.75, 3.05) is 7.11 Å². The van der Waals surface area contributed by atoms with Crippen LogP contribution in [-0.2, 0) is 0 Å². The van der Waals surface area contributed by atoms with Crippen LogP contribution in [0, 0.1) is 6.92 Å². The van der Waals surface area contributed by atoms with Gasteiger partial charge in [-0.1, -0.05) is 28.4 Å². The molecule has 2 aromatic carbocycles. The number of ether oxygens (including phenoxy) is 1. The van der Waals surface area contributed by atoms with E-state index in [1.165, 1.54) is 0 Å². The third-order valence-corrected chi connectivity index (χ3v) is 4.14. The number of hydrogen-bond acceptors (Lipinski definition) is 5. The van der Waals surface area contributed by atoms with E-state index in [4.69, 9.17) is 20.9 Å². The third-order valence-electron chi connectivity index (χ3n) is 3.89. The standard InChI is InChI=1S/C19H14ClN3O2/c1-11-3-8-16-13(9-11)10-15(19(21-16)24-2)17-22-18(25-23-17)12-4-6-14(20)7-5-12/h3-10H,1-2H3. The first-order chi connectivity index (χ1) is 12.1. The maximum absolute atomic E-state index is 5.92. The van der Waals surface area contributed by atoms with Crippen molar-refractivity contribution in [2.45, 2.75) is 6.92 Å². The van der Waals surface area contributed by atoms with Crippen LogP contribution in [0.25, 0.3) is 33.7 Å². The van der Waals surface area contributed by atoms with E-state index in [-0.39, 0.29) is 0 Å². The summed E-state index contributed by atoms with van der Waals surface area (Å²) in [4.78, 5) is 9.02. The zero-order valence-corrected chi connectivity index (χ0v) is 14.4. The van der Waals surface area contributed by atoms with Crippen molar-refractivity contribution in [3.05, 3.63) is 59.1 Å². The van der Waals surface area contributed by atoms with Crippen LogP contribution in [0.1, 0.15) is 5.56 Å². The van der Waals surface area contributed by atoms with Gasteiger partial charge in [-0.3, -0.25) is 0 Å². The average Bonchev–Trinajstić information content (AvgIpc) is 3.11. The quantitative estimate of drug-likeness (QED) is 0.524. The normalized spacial score (nSPS) is 11.0. The van der Waals surface area contributed by atoms with E-state index in [0.717, 1.165) is 22.0 Å². The molecule has 0 spiro atoms. The number of aromatic nitrogens is 3. The van der Waals surface area contributed by atoms with E-state index < -0.39 is 0 Å². The Balaban J connectivity index is 1.82. The zero-order chi connectivity index (χ0) is 17.4. The van der Waals surface area contributed by atoms with Crippen LogP contribution in [0.5, 0.6) is 5.88 Å². The molecule has 4 rings (SSSR count). The Labute approximate surface area is 149 Å². The smallest absolute Gasteiger partial charge is 0.258 e. The van der Waals surface area contributed by atoms with Gasteiger partial charge in [-0.15, -0.1) is 0 Å². The van der Waals surface area contributed by atoms with Gasteiger partial charge in [-0.25, -0.2) is 4.98 Å². The molecular weight excluding hydrogens is 338 g/mol. The van der Waals surface area contributed by atoms with E-state index in [0.29, 0.717) is 28.2 Å². The molecule has 5 nitrogen and oxygen atoms in total. The second kappa shape index (κ2) is 6.18. The lowest BCUT2D eigenvalue weighted by Crippen LogP contribution is -1.94. The molecule has 0 atom stereocenters. The second-order valence-corrected chi connectivity index (χ2v) is 6.11. The highest BCUT2D eigenvalue weighted by atomic mass is 35.5. The average molecular weight is 352 g/mol. The summed E-state index contributed by atoms with van der Waals surface area (Å²) in [7, 11) is 1.58. The summed E-state index contributed by atoms with van der Waals surface area (Å²) < 4.78 is 10.8. The molecule has 0 unspecified atom stereocenters. The Morgan fingerprint density at radius 1 is 1.00 bits per heavy atom. The van der Waals surface area contributed by atoms with Crippen LogP contribution in [0.3, 0.4) is 0 Å². The summed E-state index contributed by atoms with van der Waals surface area (Å²) >= 11 is 5.92. The van der Waals surface area contributed by atoms with Gasteiger partial charge < -0.3 is 9.26 Å². The highest BCUT2D eigenvalue weighted by molar-refractivity contribution is 6.30. The first kappa shape index (κ1) is 15.6. The molecular formula is C19H14ClN3O2. The van der Waals surface area contributed by atoms with Gasteiger partial charge >= 0.3 is 0 Å². The molecule has 0 amide bonds. The minimum Gasteiger partial charge on any atom is -0.480 e. The van der Waals surface area contributed by atoms with Crippen LogP contribution < -0.4 is 4.74 Å². The van der Waals surface area contributed by atoms with E-state index in [1.807, 2.05) is 37.3 Å². The predicted octanol–water partition coefficient (Wildman–Crippen LogP) is 4.92. The van der Waals surface area contributed by atoms with Gasteiger partial charge in [0.05, 0.1) is 18.2 Å². The number of benzene rings is 2. The fraction of sp³-hybridized carbons (Fsp3) is 0.105. The Morgan fingerprint density at radius 3 is 2.56 bits per heavy atom. The first-order valence-electron chi connectivity index (χ1n) is 7.69. The van der Waals surface area contributed by atoms with Crippen molar-refractivity contribution in [3.63, 3.8) is 0 Å². The summed E-state index contributed by atoms with van der Waals surface area (Å²) in [5.74, 6) is 1.30. The van der Waals surface area contributed by atoms with Gasteiger partial charge in [0.2, 0.25) is 11.7 Å². The third kappa shape index (κ3) is 2.94. The number of aryl methyl sites for hydroxylation is 1. The van der Waals surface area contributed by atoms with Gasteiger partial charge in [0.25, 0.3) is 5.89 Å². The van der Waals surface area contributed by atoms with Crippen molar-refractivity contribution in [2.24, 2.45) is 0 Å². The molecule has 0 N–H and O–H groups in total. The number of nitrogens with zero attached hydrogens (tertiary/aromatic N) is 3. The van der Waals surface area contributed by atoms with Gasteiger partial charge in [0.1, 0.15) is 0 Å². The molecule has 2 heterocycles. The van der Waals surface area contributed by atoms with E-state index in [9.17, 15) is 0 Å². The number of methoxy groups -OCH3 is 1. The van der Waals surface area contributed by atoms with Crippen molar-refractivity contribution in [3.8, 4) is 28.7 Å². The fourth-order valence-electron chi connectivity index (χ4n) is 2.64. The van der Waals surface area contributed by atoms with Crippen LogP contribution in [0.4, 0.5) is 0 Å². The molecule has 25 heavy (non-hydrogen) atoms. The maximum Gasteiger partial charge on any atom is 0.258 e. The molecule has 0 saturated carbocycles. The molecule has 124 valence electrons. The second-order valence-electron chi connectivity index (χ2n) is 5.67. The monoisotopic (exact) mass is 351 g/mol. The minimum atomic E-state index is 0.415. The van der Waals surface area contributed by atoms with Crippen LogP contribution >= 0.6 is 11.6 Å². The number of hydrogen-bond donors (Lipinski definition) is 0. The van der Waals surface area contributed by atoms with Gasteiger partial charge in [0.15, 0.2) is 0 Å². The molecule has 0 aliphatic carbocycles. The van der Waals surface area contributed by atoms with Crippen molar-refractivity contribution < 1.29 is 9.26 Å². The molecule has 0 radical (unpaired) electrons. The largest absolute Gasteiger partial charge is 0.480 e. The van der Waals surface area contributed by atoms with Gasteiger partial charge in [0, 0.05) is 16.0 Å². The molecule has 6 heteroatoms. The van der Waals surface area contributed by atoms with Crippen molar-refractivity contribution >= 4 is 22.5 Å². The van der Waals surface area contributed by atoms with E-state index in [1.54, 1.807) is 19.2 Å². The van der Waals surface area contributed by atoms with Crippen LogP contribution in [0.15, 0.2) is 53.1 Å². The number of fused-ring (bicyclic) bond motifs is 1. The van der Waals surface area contributed by atoms with Gasteiger partial charge in [-0.05, 0) is 49.4 Å². The number of halogens is 1. The van der Waals surface area contributed by atoms with Crippen LogP contribution in [-0.4, -0.2) is 22.2 Å². The highest BCUT2D eigenvalue weighted by Gasteiger charge is 2.17. The SMILES string of the molecule is COc1nc2ccc(C)cc2cc1-c1noc(-c2ccc(Cl)cc2)n1. The summed E-state index contributed by atoms with van der Waals surface area (Å²) in [5, 5.41) is 5.73. The molecule has 4 aromatic rings. The highest BCUT2D eigenvalue weighted by Crippen LogP contribution is 2.31. The summed E-state index contributed by atoms with van der Waals surface area (Å²) in [6.07, 6.45) is 0. The minimum absolute atomic E-state index is 0.415. The van der Waals surface area contributed by atoms with Gasteiger partial charge in [-0.2, -0.15) is 4.98 Å². The summed E-state index contributed by atoms with van der Waals surface area (Å²) in [5.41, 5.74) is 3.49. The Bertz CT molecular complexity index is 1060. The Kier molecular flexibility index (Phi) is 3.86. The lowest BCUT2D eigenvalue weighted by Gasteiger charge is -2.07. The summed E-state index contributed by atoms with van der Waals surface area (Å²) in [6, 6.07) is 15.2. The topological polar surface area (TPSA) is 61.0 Å². The fourth-order valence-corrected chi connectivity index (χ4v) is 2.76. The molecule has 0 aliphatic heterocycles. The van der Waals surface area contributed by atoms with E-state index in [2.05, 4.69) is 21.2 Å². The Morgan fingerprint density at radius 2 is 1.80 bits per heavy atom. The van der Waals surface area contributed by atoms with Crippen molar-refractivity contribution in [1.82, 2.24) is 15.1 Å². The van der Waals surface area contributed by atoms with E-state index >= 15 is 0 Å². The molecule has 0 saturated heterocycles. The number of pyridine rings is 1. The van der Waals surface area contributed by atoms with Crippen LogP contribution in [0.2, 0.25) is 5.02 Å². The lowest BCUT2D eigenvalue weighted by molar-refractivity contribution is 0.399. The maximum atomic E-state index is 5.92. The first-order valence-corrected chi connectivity index (χ1v) is 8.07. The lowest BCUT2D eigenvalue weighted by atomic mass is 10.1. The number of rotatable bonds is 3. The molecule has 0 bridgehead atoms.